The first-order chi connectivity index (χ1) is 11.0. The fourth-order valence-corrected chi connectivity index (χ4v) is 3.95. The van der Waals surface area contributed by atoms with Crippen molar-refractivity contribution in [2.24, 2.45) is 5.92 Å². The van der Waals surface area contributed by atoms with Crippen molar-refractivity contribution in [1.29, 1.82) is 0 Å². The fourth-order valence-electron chi connectivity index (χ4n) is 3.06. The summed E-state index contributed by atoms with van der Waals surface area (Å²) in [5.41, 5.74) is 1.10. The number of rotatable bonds is 5. The average molecular weight is 331 g/mol. The Morgan fingerprint density at radius 3 is 2.65 bits per heavy atom. The molecule has 5 nitrogen and oxygen atoms in total. The van der Waals surface area contributed by atoms with E-state index in [0.717, 1.165) is 22.1 Å². The summed E-state index contributed by atoms with van der Waals surface area (Å²) < 4.78 is 0. The molecule has 1 saturated heterocycles. The first kappa shape index (κ1) is 16.1. The van der Waals surface area contributed by atoms with E-state index in [1.54, 1.807) is 11.3 Å². The maximum Gasteiger partial charge on any atom is 0.308 e. The molecule has 6 heteroatoms. The molecule has 1 aromatic carbocycles. The molecular weight excluding hydrogens is 310 g/mol. The molecule has 0 unspecified atom stereocenters. The minimum Gasteiger partial charge on any atom is -0.481 e. The second-order valence-corrected chi connectivity index (χ2v) is 7.44. The van der Waals surface area contributed by atoms with Gasteiger partial charge in [0.15, 0.2) is 0 Å². The summed E-state index contributed by atoms with van der Waals surface area (Å²) in [5.74, 6) is -0.675. The molecule has 1 aromatic heterocycles. The Morgan fingerprint density at radius 2 is 2.04 bits per heavy atom. The molecule has 0 spiro atoms. The summed E-state index contributed by atoms with van der Waals surface area (Å²) in [7, 11) is 0. The number of aliphatic carboxylic acids is 1. The minimum atomic E-state index is -0.721. The third-order valence-corrected chi connectivity index (χ3v) is 5.48. The van der Waals surface area contributed by atoms with Crippen LogP contribution in [0.15, 0.2) is 30.3 Å². The molecule has 1 N–H and O–H groups in total. The summed E-state index contributed by atoms with van der Waals surface area (Å²) >= 11 is 1.62. The summed E-state index contributed by atoms with van der Waals surface area (Å²) in [4.78, 5) is 13.8. The van der Waals surface area contributed by atoms with Crippen molar-refractivity contribution in [2.75, 3.05) is 13.1 Å². The maximum atomic E-state index is 11.6. The van der Waals surface area contributed by atoms with Gasteiger partial charge in [0, 0.05) is 24.9 Å². The van der Waals surface area contributed by atoms with Crippen LogP contribution in [0.4, 0.5) is 0 Å². The van der Waals surface area contributed by atoms with Gasteiger partial charge in [0.25, 0.3) is 0 Å². The molecule has 2 heterocycles. The zero-order valence-corrected chi connectivity index (χ0v) is 14.2. The Kier molecular flexibility index (Phi) is 4.73. The fraction of sp³-hybridized carbons (Fsp3) is 0.471. The quantitative estimate of drug-likeness (QED) is 0.912. The summed E-state index contributed by atoms with van der Waals surface area (Å²) in [5, 5.41) is 20.0. The largest absolute Gasteiger partial charge is 0.481 e. The number of hydrogen-bond acceptors (Lipinski definition) is 5. The topological polar surface area (TPSA) is 66.3 Å². The average Bonchev–Trinajstić information content (AvgIpc) is 3.16. The van der Waals surface area contributed by atoms with Crippen LogP contribution in [0.1, 0.15) is 41.3 Å². The van der Waals surface area contributed by atoms with Gasteiger partial charge >= 0.3 is 5.97 Å². The van der Waals surface area contributed by atoms with Crippen LogP contribution in [-0.2, 0) is 11.3 Å². The van der Waals surface area contributed by atoms with Gasteiger partial charge in [0.2, 0.25) is 0 Å². The van der Waals surface area contributed by atoms with Crippen LogP contribution >= 0.6 is 11.3 Å². The van der Waals surface area contributed by atoms with Crippen LogP contribution in [0.25, 0.3) is 0 Å². The molecule has 3 rings (SSSR count). The molecule has 1 aliphatic heterocycles. The highest BCUT2D eigenvalue weighted by atomic mass is 32.1. The molecule has 0 bridgehead atoms. The second kappa shape index (κ2) is 6.76. The lowest BCUT2D eigenvalue weighted by molar-refractivity contribution is -0.141. The van der Waals surface area contributed by atoms with Gasteiger partial charge in [-0.25, -0.2) is 0 Å². The monoisotopic (exact) mass is 331 g/mol. The van der Waals surface area contributed by atoms with Crippen molar-refractivity contribution in [3.05, 3.63) is 45.9 Å². The Morgan fingerprint density at radius 1 is 1.30 bits per heavy atom. The molecule has 0 radical (unpaired) electrons. The van der Waals surface area contributed by atoms with E-state index in [1.807, 2.05) is 30.3 Å². The molecule has 122 valence electrons. The van der Waals surface area contributed by atoms with E-state index in [0.29, 0.717) is 19.0 Å². The Balaban J connectivity index is 1.73. The van der Waals surface area contributed by atoms with Crippen molar-refractivity contribution in [2.45, 2.75) is 32.2 Å². The van der Waals surface area contributed by atoms with Crippen molar-refractivity contribution >= 4 is 17.3 Å². The first-order valence-electron chi connectivity index (χ1n) is 7.87. The smallest absolute Gasteiger partial charge is 0.308 e. The number of carbonyl (C=O) groups is 1. The van der Waals surface area contributed by atoms with E-state index in [2.05, 4.69) is 28.9 Å². The number of benzene rings is 1. The van der Waals surface area contributed by atoms with E-state index in [-0.39, 0.29) is 11.8 Å². The van der Waals surface area contributed by atoms with E-state index < -0.39 is 5.97 Å². The molecule has 0 amide bonds. The number of carboxylic acids is 1. The molecule has 23 heavy (non-hydrogen) atoms. The van der Waals surface area contributed by atoms with E-state index in [9.17, 15) is 9.90 Å². The maximum absolute atomic E-state index is 11.6. The Bertz CT molecular complexity index is 671. The lowest BCUT2D eigenvalue weighted by Crippen LogP contribution is -2.23. The highest BCUT2D eigenvalue weighted by molar-refractivity contribution is 7.11. The van der Waals surface area contributed by atoms with Crippen molar-refractivity contribution in [1.82, 2.24) is 15.1 Å². The van der Waals surface area contributed by atoms with Crippen LogP contribution in [0, 0.1) is 5.92 Å². The van der Waals surface area contributed by atoms with Crippen LogP contribution in [0.5, 0.6) is 0 Å². The van der Waals surface area contributed by atoms with Gasteiger partial charge in [-0.2, -0.15) is 0 Å². The lowest BCUT2D eigenvalue weighted by Gasteiger charge is -2.15. The van der Waals surface area contributed by atoms with Crippen LogP contribution < -0.4 is 0 Å². The first-order valence-corrected chi connectivity index (χ1v) is 8.68. The predicted octanol–water partition coefficient (Wildman–Crippen LogP) is 2.96. The van der Waals surface area contributed by atoms with Crippen molar-refractivity contribution in [3.8, 4) is 0 Å². The van der Waals surface area contributed by atoms with Gasteiger partial charge < -0.3 is 5.11 Å². The Hall–Kier alpha value is -1.79. The van der Waals surface area contributed by atoms with Gasteiger partial charge in [-0.05, 0) is 5.56 Å². The zero-order chi connectivity index (χ0) is 16.4. The molecule has 1 aliphatic rings. The number of hydrogen-bond donors (Lipinski definition) is 1. The molecule has 1 fully saturated rings. The molecule has 0 saturated carbocycles. The van der Waals surface area contributed by atoms with Gasteiger partial charge in [0.05, 0.1) is 12.5 Å². The van der Waals surface area contributed by atoms with Gasteiger partial charge in [-0.15, -0.1) is 10.2 Å². The number of carboxylic acid groups (broad SMARTS) is 1. The summed E-state index contributed by atoms with van der Waals surface area (Å²) in [6.45, 7) is 6.19. The van der Waals surface area contributed by atoms with Crippen LogP contribution in [0.2, 0.25) is 0 Å². The van der Waals surface area contributed by atoms with E-state index in [1.165, 1.54) is 0 Å². The molecule has 0 aliphatic carbocycles. The highest BCUT2D eigenvalue weighted by Gasteiger charge is 2.38. The second-order valence-electron chi connectivity index (χ2n) is 6.34. The third kappa shape index (κ3) is 3.59. The molecular formula is C17H21N3O2S. The number of nitrogens with zero attached hydrogens (tertiary/aromatic N) is 3. The van der Waals surface area contributed by atoms with E-state index in [4.69, 9.17) is 0 Å². The highest BCUT2D eigenvalue weighted by Crippen LogP contribution is 2.34. The number of aromatic nitrogens is 2. The van der Waals surface area contributed by atoms with Gasteiger partial charge in [-0.3, -0.25) is 9.69 Å². The van der Waals surface area contributed by atoms with Gasteiger partial charge in [0.1, 0.15) is 10.0 Å². The standard InChI is InChI=1S/C17H21N3O2S/c1-11(2)16-19-18-15(23-16)10-20-8-13(14(9-20)17(21)22)12-6-4-3-5-7-12/h3-7,11,13-14H,8-10H2,1-2H3,(H,21,22)/t13-,14+/m1/s1. The Labute approximate surface area is 140 Å². The van der Waals surface area contributed by atoms with Crippen molar-refractivity contribution < 1.29 is 9.90 Å². The molecule has 2 atom stereocenters. The van der Waals surface area contributed by atoms with Crippen LogP contribution in [-0.4, -0.2) is 39.3 Å². The SMILES string of the molecule is CC(C)c1nnc(CN2C[C@H](C(=O)O)[C@@H](c3ccccc3)C2)s1. The molecule has 2 aromatic rings. The normalized spacial score (nSPS) is 21.9. The van der Waals surface area contributed by atoms with E-state index >= 15 is 0 Å². The zero-order valence-electron chi connectivity index (χ0n) is 13.3. The minimum absolute atomic E-state index is 0.0335. The third-order valence-electron chi connectivity index (χ3n) is 4.28. The summed E-state index contributed by atoms with van der Waals surface area (Å²) in [6.07, 6.45) is 0. The summed E-state index contributed by atoms with van der Waals surface area (Å²) in [6, 6.07) is 9.94. The van der Waals surface area contributed by atoms with Crippen LogP contribution in [0.3, 0.4) is 0 Å². The van der Waals surface area contributed by atoms with Crippen molar-refractivity contribution in [3.63, 3.8) is 0 Å². The predicted molar refractivity (Wildman–Crippen MR) is 89.6 cm³/mol. The van der Waals surface area contributed by atoms with Gasteiger partial charge in [-0.1, -0.05) is 55.5 Å². The lowest BCUT2D eigenvalue weighted by atomic mass is 9.89. The number of likely N-dealkylation sites (tertiary alicyclic amines) is 1.